The lowest BCUT2D eigenvalue weighted by Gasteiger charge is -2.21. The highest BCUT2D eigenvalue weighted by molar-refractivity contribution is 5.31. The third-order valence-corrected chi connectivity index (χ3v) is 3.48. The first-order valence-electron chi connectivity index (χ1n) is 7.36. The fourth-order valence-corrected chi connectivity index (χ4v) is 2.43. The highest BCUT2D eigenvalue weighted by Gasteiger charge is 2.18. The van der Waals surface area contributed by atoms with Crippen LogP contribution >= 0.6 is 0 Å². The third-order valence-electron chi connectivity index (χ3n) is 3.48. The van der Waals surface area contributed by atoms with Gasteiger partial charge in [-0.2, -0.15) is 0 Å². The van der Waals surface area contributed by atoms with Gasteiger partial charge in [0.25, 0.3) is 0 Å². The van der Waals surface area contributed by atoms with Crippen LogP contribution in [-0.4, -0.2) is 5.11 Å². The fraction of sp³-hybridized carbons (Fsp3) is 0.647. The van der Waals surface area contributed by atoms with Crippen molar-refractivity contribution in [1.82, 2.24) is 0 Å². The number of benzene rings is 1. The number of hydrogen-bond acceptors (Lipinski definition) is 1. The second kappa shape index (κ2) is 7.58. The molecule has 0 aliphatic rings. The molecular weight excluding hydrogens is 220 g/mol. The molecular formula is C17H28O. The van der Waals surface area contributed by atoms with Gasteiger partial charge in [0.2, 0.25) is 0 Å². The Morgan fingerprint density at radius 1 is 0.944 bits per heavy atom. The van der Waals surface area contributed by atoms with Crippen molar-refractivity contribution in [3.63, 3.8) is 0 Å². The summed E-state index contributed by atoms with van der Waals surface area (Å²) in [7, 11) is 0. The van der Waals surface area contributed by atoms with Crippen molar-refractivity contribution in [3.05, 3.63) is 35.4 Å². The predicted molar refractivity (Wildman–Crippen MR) is 78.8 cm³/mol. The quantitative estimate of drug-likeness (QED) is 0.654. The normalized spacial score (nSPS) is 11.8. The van der Waals surface area contributed by atoms with Crippen molar-refractivity contribution >= 4 is 0 Å². The molecule has 0 fully saturated rings. The van der Waals surface area contributed by atoms with E-state index >= 15 is 0 Å². The Balaban J connectivity index is 2.43. The van der Waals surface area contributed by atoms with E-state index in [4.69, 9.17) is 0 Å². The van der Waals surface area contributed by atoms with Gasteiger partial charge in [-0.05, 0) is 37.8 Å². The number of aliphatic hydroxyl groups is 1. The minimum Gasteiger partial charge on any atom is -0.386 e. The Bertz CT molecular complexity index is 336. The molecule has 0 amide bonds. The maximum atomic E-state index is 10.1. The fourth-order valence-electron chi connectivity index (χ4n) is 2.43. The standard InChI is InChI=1S/C17H28O/c1-4-5-6-7-8-9-12-15-13-10-11-14-16(15)17(2,3)18/h10-11,13-14,18H,4-9,12H2,1-3H3. The largest absolute Gasteiger partial charge is 0.386 e. The summed E-state index contributed by atoms with van der Waals surface area (Å²) in [4.78, 5) is 0. The molecule has 1 heteroatoms. The van der Waals surface area contributed by atoms with Crippen molar-refractivity contribution in [1.29, 1.82) is 0 Å². The molecule has 1 aromatic rings. The molecule has 0 aromatic heterocycles. The maximum absolute atomic E-state index is 10.1. The summed E-state index contributed by atoms with van der Waals surface area (Å²) < 4.78 is 0. The Kier molecular flexibility index (Phi) is 6.42. The van der Waals surface area contributed by atoms with E-state index in [1.54, 1.807) is 0 Å². The molecule has 0 bridgehead atoms. The predicted octanol–water partition coefficient (Wildman–Crippen LogP) is 4.82. The third kappa shape index (κ3) is 5.22. The highest BCUT2D eigenvalue weighted by atomic mass is 16.3. The van der Waals surface area contributed by atoms with Crippen LogP contribution in [-0.2, 0) is 12.0 Å². The zero-order valence-corrected chi connectivity index (χ0v) is 12.2. The average Bonchev–Trinajstić information content (AvgIpc) is 2.33. The van der Waals surface area contributed by atoms with E-state index in [2.05, 4.69) is 19.1 Å². The second-order valence-corrected chi connectivity index (χ2v) is 5.73. The van der Waals surface area contributed by atoms with Crippen LogP contribution < -0.4 is 0 Å². The van der Waals surface area contributed by atoms with Crippen molar-refractivity contribution in [2.75, 3.05) is 0 Å². The van der Waals surface area contributed by atoms with Gasteiger partial charge in [-0.3, -0.25) is 0 Å². The number of hydrogen-bond donors (Lipinski definition) is 1. The SMILES string of the molecule is CCCCCCCCc1ccccc1C(C)(C)O. The van der Waals surface area contributed by atoms with Gasteiger partial charge in [-0.15, -0.1) is 0 Å². The molecule has 1 rings (SSSR count). The number of rotatable bonds is 8. The van der Waals surface area contributed by atoms with E-state index in [9.17, 15) is 5.11 Å². The molecule has 0 saturated carbocycles. The molecule has 1 N–H and O–H groups in total. The van der Waals surface area contributed by atoms with Crippen molar-refractivity contribution < 1.29 is 5.11 Å². The molecule has 0 saturated heterocycles. The summed E-state index contributed by atoms with van der Waals surface area (Å²) in [5.74, 6) is 0. The lowest BCUT2D eigenvalue weighted by atomic mass is 9.90. The Labute approximate surface area is 112 Å². The molecule has 0 unspecified atom stereocenters. The first-order valence-corrected chi connectivity index (χ1v) is 7.36. The Morgan fingerprint density at radius 2 is 1.56 bits per heavy atom. The lowest BCUT2D eigenvalue weighted by Crippen LogP contribution is -2.17. The maximum Gasteiger partial charge on any atom is 0.0843 e. The summed E-state index contributed by atoms with van der Waals surface area (Å²) >= 11 is 0. The number of unbranched alkanes of at least 4 members (excludes halogenated alkanes) is 5. The number of aryl methyl sites for hydroxylation is 1. The van der Waals surface area contributed by atoms with Crippen LogP contribution in [0.2, 0.25) is 0 Å². The van der Waals surface area contributed by atoms with Crippen LogP contribution in [0.3, 0.4) is 0 Å². The van der Waals surface area contributed by atoms with Gasteiger partial charge in [-0.25, -0.2) is 0 Å². The zero-order chi connectivity index (χ0) is 13.4. The van der Waals surface area contributed by atoms with Crippen LogP contribution in [0.15, 0.2) is 24.3 Å². The van der Waals surface area contributed by atoms with Crippen LogP contribution in [0.4, 0.5) is 0 Å². The van der Waals surface area contributed by atoms with Crippen molar-refractivity contribution in [3.8, 4) is 0 Å². The Hall–Kier alpha value is -0.820. The summed E-state index contributed by atoms with van der Waals surface area (Å²) in [6.45, 7) is 5.99. The van der Waals surface area contributed by atoms with E-state index in [-0.39, 0.29) is 0 Å². The molecule has 0 radical (unpaired) electrons. The molecule has 0 aliphatic heterocycles. The smallest absolute Gasteiger partial charge is 0.0843 e. The summed E-state index contributed by atoms with van der Waals surface area (Å²) in [5, 5.41) is 10.1. The van der Waals surface area contributed by atoms with Gasteiger partial charge in [-0.1, -0.05) is 63.3 Å². The zero-order valence-electron chi connectivity index (χ0n) is 12.2. The molecule has 1 aromatic carbocycles. The monoisotopic (exact) mass is 248 g/mol. The van der Waals surface area contributed by atoms with Crippen LogP contribution in [0.1, 0.15) is 70.4 Å². The lowest BCUT2D eigenvalue weighted by molar-refractivity contribution is 0.0776. The van der Waals surface area contributed by atoms with Gasteiger partial charge >= 0.3 is 0 Å². The first kappa shape index (κ1) is 15.2. The minimum absolute atomic E-state index is 0.723. The van der Waals surface area contributed by atoms with E-state index in [1.807, 2.05) is 26.0 Å². The summed E-state index contributed by atoms with van der Waals surface area (Å²) in [5.41, 5.74) is 1.66. The first-order chi connectivity index (χ1) is 8.55. The van der Waals surface area contributed by atoms with Crippen LogP contribution in [0.25, 0.3) is 0 Å². The summed E-state index contributed by atoms with van der Waals surface area (Å²) in [6, 6.07) is 8.28. The van der Waals surface area contributed by atoms with Crippen molar-refractivity contribution in [2.45, 2.75) is 71.3 Å². The molecule has 0 aliphatic carbocycles. The van der Waals surface area contributed by atoms with Gasteiger partial charge in [0.1, 0.15) is 0 Å². The highest BCUT2D eigenvalue weighted by Crippen LogP contribution is 2.24. The van der Waals surface area contributed by atoms with E-state index < -0.39 is 5.60 Å². The average molecular weight is 248 g/mol. The minimum atomic E-state index is -0.723. The van der Waals surface area contributed by atoms with E-state index in [0.29, 0.717) is 0 Å². The van der Waals surface area contributed by atoms with Crippen LogP contribution in [0, 0.1) is 0 Å². The van der Waals surface area contributed by atoms with Crippen molar-refractivity contribution in [2.24, 2.45) is 0 Å². The topological polar surface area (TPSA) is 20.2 Å². The van der Waals surface area contributed by atoms with Gasteiger partial charge in [0.15, 0.2) is 0 Å². The van der Waals surface area contributed by atoms with Gasteiger partial charge < -0.3 is 5.11 Å². The Morgan fingerprint density at radius 3 is 2.22 bits per heavy atom. The van der Waals surface area contributed by atoms with E-state index in [0.717, 1.165) is 12.0 Å². The van der Waals surface area contributed by atoms with Crippen LogP contribution in [0.5, 0.6) is 0 Å². The molecule has 0 heterocycles. The van der Waals surface area contributed by atoms with Gasteiger partial charge in [0, 0.05) is 0 Å². The molecule has 102 valence electrons. The molecule has 0 spiro atoms. The van der Waals surface area contributed by atoms with Gasteiger partial charge in [0.05, 0.1) is 5.60 Å². The molecule has 18 heavy (non-hydrogen) atoms. The summed E-state index contributed by atoms with van der Waals surface area (Å²) in [6.07, 6.45) is 9.01. The molecule has 0 atom stereocenters. The second-order valence-electron chi connectivity index (χ2n) is 5.73. The van der Waals surface area contributed by atoms with E-state index in [1.165, 1.54) is 44.1 Å². The molecule has 1 nitrogen and oxygen atoms in total.